The van der Waals surface area contributed by atoms with Gasteiger partial charge in [0.1, 0.15) is 5.76 Å². The predicted molar refractivity (Wildman–Crippen MR) is 77.2 cm³/mol. The van der Waals surface area contributed by atoms with Gasteiger partial charge in [0.2, 0.25) is 0 Å². The van der Waals surface area contributed by atoms with E-state index in [1.54, 1.807) is 6.26 Å². The van der Waals surface area contributed by atoms with Gasteiger partial charge in [-0.25, -0.2) is 0 Å². The lowest BCUT2D eigenvalue weighted by Gasteiger charge is -2.30. The molecule has 2 nitrogen and oxygen atoms in total. The first-order valence-corrected chi connectivity index (χ1v) is 7.19. The van der Waals surface area contributed by atoms with E-state index in [0.29, 0.717) is 12.0 Å². The van der Waals surface area contributed by atoms with Crippen LogP contribution in [0.5, 0.6) is 0 Å². The second-order valence-corrected chi connectivity index (χ2v) is 5.44. The molecule has 1 N–H and O–H groups in total. The Bertz CT molecular complexity index is 518. The van der Waals surface area contributed by atoms with Crippen molar-refractivity contribution in [3.63, 3.8) is 0 Å². The van der Waals surface area contributed by atoms with Gasteiger partial charge in [-0.15, -0.1) is 0 Å². The fraction of sp³-hybridized carbons (Fsp3) is 0.412. The zero-order valence-electron chi connectivity index (χ0n) is 11.4. The molecule has 3 rings (SSSR count). The van der Waals surface area contributed by atoms with Crippen LogP contribution in [0.2, 0.25) is 0 Å². The van der Waals surface area contributed by atoms with Gasteiger partial charge in [-0.05, 0) is 42.0 Å². The third-order valence-electron chi connectivity index (χ3n) is 4.13. The first kappa shape index (κ1) is 12.5. The molecule has 0 aliphatic heterocycles. The molecule has 0 spiro atoms. The van der Waals surface area contributed by atoms with Crippen LogP contribution in [0.15, 0.2) is 47.1 Å². The van der Waals surface area contributed by atoms with Crippen molar-refractivity contribution in [2.45, 2.75) is 38.1 Å². The molecule has 0 radical (unpaired) electrons. The highest BCUT2D eigenvalue weighted by atomic mass is 16.3. The predicted octanol–water partition coefficient (Wildman–Crippen LogP) is 4.05. The Kier molecular flexibility index (Phi) is 3.69. The number of rotatable bonds is 4. The number of fused-ring (bicyclic) bond motifs is 1. The fourth-order valence-electron chi connectivity index (χ4n) is 3.04. The highest BCUT2D eigenvalue weighted by Gasteiger charge is 2.23. The summed E-state index contributed by atoms with van der Waals surface area (Å²) in [4.78, 5) is 0. The molecule has 19 heavy (non-hydrogen) atoms. The zero-order chi connectivity index (χ0) is 13.1. The lowest BCUT2D eigenvalue weighted by atomic mass is 9.81. The molecule has 1 aliphatic carbocycles. The average Bonchev–Trinajstić information content (AvgIpc) is 2.95. The summed E-state index contributed by atoms with van der Waals surface area (Å²) in [6, 6.07) is 13.3. The summed E-state index contributed by atoms with van der Waals surface area (Å²) in [5.74, 6) is 1.75. The summed E-state index contributed by atoms with van der Waals surface area (Å²) < 4.78 is 5.37. The molecule has 2 heteroatoms. The van der Waals surface area contributed by atoms with Crippen molar-refractivity contribution >= 4 is 0 Å². The van der Waals surface area contributed by atoms with Gasteiger partial charge in [0, 0.05) is 19.0 Å². The van der Waals surface area contributed by atoms with Gasteiger partial charge >= 0.3 is 0 Å². The molecule has 2 atom stereocenters. The van der Waals surface area contributed by atoms with E-state index < -0.39 is 0 Å². The van der Waals surface area contributed by atoms with E-state index >= 15 is 0 Å². The third-order valence-corrected chi connectivity index (χ3v) is 4.13. The molecule has 0 saturated heterocycles. The molecule has 1 aliphatic rings. The van der Waals surface area contributed by atoms with Gasteiger partial charge in [0.25, 0.3) is 0 Å². The van der Waals surface area contributed by atoms with Crippen molar-refractivity contribution < 1.29 is 4.42 Å². The maximum absolute atomic E-state index is 5.37. The number of furan rings is 1. The van der Waals surface area contributed by atoms with Crippen LogP contribution >= 0.6 is 0 Å². The van der Waals surface area contributed by atoms with Crippen molar-refractivity contribution in [1.82, 2.24) is 5.32 Å². The molecule has 2 aromatic rings. The van der Waals surface area contributed by atoms with Gasteiger partial charge in [-0.1, -0.05) is 31.2 Å². The number of hydrogen-bond donors (Lipinski definition) is 1. The molecular weight excluding hydrogens is 234 g/mol. The second-order valence-electron chi connectivity index (χ2n) is 5.44. The smallest absolute Gasteiger partial charge is 0.105 e. The third kappa shape index (κ3) is 2.74. The molecule has 100 valence electrons. The minimum Gasteiger partial charge on any atom is -0.469 e. The second kappa shape index (κ2) is 5.62. The summed E-state index contributed by atoms with van der Waals surface area (Å²) >= 11 is 0. The Labute approximate surface area is 114 Å². The molecule has 1 heterocycles. The van der Waals surface area contributed by atoms with E-state index in [1.165, 1.54) is 24.0 Å². The fourth-order valence-corrected chi connectivity index (χ4v) is 3.04. The molecular formula is C17H21NO. The highest BCUT2D eigenvalue weighted by molar-refractivity contribution is 5.34. The lowest BCUT2D eigenvalue weighted by molar-refractivity contribution is 0.422. The van der Waals surface area contributed by atoms with E-state index in [4.69, 9.17) is 4.42 Å². The number of hydrogen-bond acceptors (Lipinski definition) is 2. The Morgan fingerprint density at radius 3 is 2.74 bits per heavy atom. The van der Waals surface area contributed by atoms with Gasteiger partial charge in [-0.3, -0.25) is 0 Å². The minimum atomic E-state index is 0.502. The van der Waals surface area contributed by atoms with E-state index in [0.717, 1.165) is 18.7 Å². The molecule has 0 saturated carbocycles. The van der Waals surface area contributed by atoms with Crippen LogP contribution in [0.4, 0.5) is 0 Å². The standard InChI is InChI=1S/C17H21NO/c1-13-8-9-17(16-7-3-2-6-15(13)16)18-11-10-14-5-4-12-19-14/h2-7,12-13,17-18H,8-11H2,1H3. The molecule has 0 bridgehead atoms. The van der Waals surface area contributed by atoms with Crippen LogP contribution in [0.3, 0.4) is 0 Å². The van der Waals surface area contributed by atoms with Gasteiger partial charge in [0.15, 0.2) is 0 Å². The van der Waals surface area contributed by atoms with Crippen LogP contribution in [0.25, 0.3) is 0 Å². The van der Waals surface area contributed by atoms with Crippen molar-refractivity contribution in [2.24, 2.45) is 0 Å². The topological polar surface area (TPSA) is 25.2 Å². The van der Waals surface area contributed by atoms with Crippen LogP contribution in [-0.4, -0.2) is 6.54 Å². The normalized spacial score (nSPS) is 22.2. The first-order valence-electron chi connectivity index (χ1n) is 7.19. The maximum Gasteiger partial charge on any atom is 0.105 e. The Hall–Kier alpha value is -1.54. The highest BCUT2D eigenvalue weighted by Crippen LogP contribution is 2.36. The Balaban J connectivity index is 1.64. The van der Waals surface area contributed by atoms with E-state index in [1.807, 2.05) is 12.1 Å². The zero-order valence-corrected chi connectivity index (χ0v) is 11.4. The van der Waals surface area contributed by atoms with Gasteiger partial charge < -0.3 is 9.73 Å². The van der Waals surface area contributed by atoms with Crippen LogP contribution in [-0.2, 0) is 6.42 Å². The van der Waals surface area contributed by atoms with E-state index in [-0.39, 0.29) is 0 Å². The van der Waals surface area contributed by atoms with Crippen molar-refractivity contribution in [3.05, 3.63) is 59.5 Å². The molecule has 0 amide bonds. The Morgan fingerprint density at radius 1 is 1.11 bits per heavy atom. The first-order chi connectivity index (χ1) is 9.34. The van der Waals surface area contributed by atoms with E-state index in [9.17, 15) is 0 Å². The largest absolute Gasteiger partial charge is 0.469 e. The quantitative estimate of drug-likeness (QED) is 0.891. The van der Waals surface area contributed by atoms with Crippen molar-refractivity contribution in [2.75, 3.05) is 6.54 Å². The van der Waals surface area contributed by atoms with Gasteiger partial charge in [0.05, 0.1) is 6.26 Å². The summed E-state index contributed by atoms with van der Waals surface area (Å²) in [5.41, 5.74) is 3.00. The molecule has 2 unspecified atom stereocenters. The van der Waals surface area contributed by atoms with Crippen LogP contribution < -0.4 is 5.32 Å². The summed E-state index contributed by atoms with van der Waals surface area (Å²) in [6.07, 6.45) is 5.21. The van der Waals surface area contributed by atoms with E-state index in [2.05, 4.69) is 36.5 Å². The monoisotopic (exact) mass is 255 g/mol. The summed E-state index contributed by atoms with van der Waals surface area (Å²) in [6.45, 7) is 3.30. The maximum atomic E-state index is 5.37. The lowest BCUT2D eigenvalue weighted by Crippen LogP contribution is -2.27. The van der Waals surface area contributed by atoms with Crippen molar-refractivity contribution in [3.8, 4) is 0 Å². The molecule has 1 aromatic heterocycles. The Morgan fingerprint density at radius 2 is 1.95 bits per heavy atom. The number of benzene rings is 1. The van der Waals surface area contributed by atoms with Crippen LogP contribution in [0.1, 0.15) is 48.6 Å². The summed E-state index contributed by atoms with van der Waals surface area (Å²) in [5, 5.41) is 3.68. The molecule has 0 fully saturated rings. The minimum absolute atomic E-state index is 0.502. The SMILES string of the molecule is CC1CCC(NCCc2ccco2)c2ccccc21. The van der Waals surface area contributed by atoms with Gasteiger partial charge in [-0.2, -0.15) is 0 Å². The number of nitrogens with one attached hydrogen (secondary N) is 1. The van der Waals surface area contributed by atoms with Crippen molar-refractivity contribution in [1.29, 1.82) is 0 Å². The average molecular weight is 255 g/mol. The molecule has 1 aromatic carbocycles. The van der Waals surface area contributed by atoms with Crippen LogP contribution in [0, 0.1) is 0 Å². The summed E-state index contributed by atoms with van der Waals surface area (Å²) in [7, 11) is 0.